The third-order valence-electron chi connectivity index (χ3n) is 2.13. The van der Waals surface area contributed by atoms with E-state index in [0.29, 0.717) is 0 Å². The van der Waals surface area contributed by atoms with Crippen LogP contribution in [0.3, 0.4) is 0 Å². The SMILES string of the molecule is Cc1c(OC(F)(F)F)ccc([N+](=O)[O-])c1C. The quantitative estimate of drug-likeness (QED) is 0.584. The normalized spacial score (nSPS) is 11.3. The molecular formula is C9H8F3NO3. The fraction of sp³-hybridized carbons (Fsp3) is 0.333. The Morgan fingerprint density at radius 1 is 1.25 bits per heavy atom. The van der Waals surface area contributed by atoms with E-state index in [1.165, 1.54) is 13.8 Å². The molecule has 0 aromatic heterocycles. The molecule has 0 heterocycles. The number of ether oxygens (including phenoxy) is 1. The van der Waals surface area contributed by atoms with Crippen LogP contribution >= 0.6 is 0 Å². The molecule has 0 unspecified atom stereocenters. The van der Waals surface area contributed by atoms with Crippen LogP contribution in [0.1, 0.15) is 11.1 Å². The van der Waals surface area contributed by atoms with Gasteiger partial charge in [0.1, 0.15) is 5.75 Å². The highest BCUT2D eigenvalue weighted by Gasteiger charge is 2.32. The highest BCUT2D eigenvalue weighted by atomic mass is 19.4. The monoisotopic (exact) mass is 235 g/mol. The molecule has 0 saturated carbocycles. The molecule has 0 aliphatic rings. The maximum absolute atomic E-state index is 12.0. The van der Waals surface area contributed by atoms with Gasteiger partial charge in [0, 0.05) is 17.2 Å². The molecule has 7 heteroatoms. The van der Waals surface area contributed by atoms with Crippen molar-refractivity contribution < 1.29 is 22.8 Å². The van der Waals surface area contributed by atoms with Crippen LogP contribution in [-0.2, 0) is 0 Å². The molecule has 4 nitrogen and oxygen atoms in total. The van der Waals surface area contributed by atoms with Gasteiger partial charge in [0.25, 0.3) is 5.69 Å². The predicted molar refractivity (Wildman–Crippen MR) is 49.3 cm³/mol. The van der Waals surface area contributed by atoms with Crippen LogP contribution in [0.2, 0.25) is 0 Å². The van der Waals surface area contributed by atoms with Crippen LogP contribution in [0.15, 0.2) is 12.1 Å². The first-order chi connectivity index (χ1) is 7.22. The van der Waals surface area contributed by atoms with Crippen LogP contribution < -0.4 is 4.74 Å². The summed E-state index contributed by atoms with van der Waals surface area (Å²) in [5, 5.41) is 10.5. The largest absolute Gasteiger partial charge is 0.573 e. The van der Waals surface area contributed by atoms with E-state index < -0.39 is 17.0 Å². The summed E-state index contributed by atoms with van der Waals surface area (Å²) in [6, 6.07) is 1.93. The van der Waals surface area contributed by atoms with Crippen molar-refractivity contribution in [3.05, 3.63) is 33.4 Å². The van der Waals surface area contributed by atoms with Crippen LogP contribution in [0.4, 0.5) is 18.9 Å². The number of hydrogen-bond donors (Lipinski definition) is 0. The topological polar surface area (TPSA) is 52.4 Å². The van der Waals surface area contributed by atoms with Crippen molar-refractivity contribution in [2.24, 2.45) is 0 Å². The van der Waals surface area contributed by atoms with Crippen molar-refractivity contribution in [3.8, 4) is 5.75 Å². The second kappa shape index (κ2) is 3.99. The highest BCUT2D eigenvalue weighted by molar-refractivity contribution is 5.51. The molecule has 0 saturated heterocycles. The first-order valence-corrected chi connectivity index (χ1v) is 4.22. The molecule has 0 radical (unpaired) electrons. The zero-order valence-corrected chi connectivity index (χ0v) is 8.46. The average molecular weight is 235 g/mol. The molecule has 0 N–H and O–H groups in total. The number of hydrogen-bond acceptors (Lipinski definition) is 3. The Hall–Kier alpha value is -1.79. The summed E-state index contributed by atoms with van der Waals surface area (Å²) in [5.41, 5.74) is 0.0327. The van der Waals surface area contributed by atoms with Crippen molar-refractivity contribution in [3.63, 3.8) is 0 Å². The van der Waals surface area contributed by atoms with Gasteiger partial charge in [-0.25, -0.2) is 0 Å². The summed E-state index contributed by atoms with van der Waals surface area (Å²) in [4.78, 5) is 9.86. The van der Waals surface area contributed by atoms with Crippen molar-refractivity contribution in [2.75, 3.05) is 0 Å². The molecule has 0 spiro atoms. The Balaban J connectivity index is 3.17. The number of nitrogens with zero attached hydrogens (tertiary/aromatic N) is 1. The minimum atomic E-state index is -4.80. The maximum atomic E-state index is 12.0. The van der Waals surface area contributed by atoms with Gasteiger partial charge in [-0.3, -0.25) is 10.1 Å². The molecule has 0 atom stereocenters. The van der Waals surface area contributed by atoms with Crippen molar-refractivity contribution in [1.29, 1.82) is 0 Å². The third kappa shape index (κ3) is 2.62. The first kappa shape index (κ1) is 12.3. The second-order valence-electron chi connectivity index (χ2n) is 3.14. The van der Waals surface area contributed by atoms with E-state index in [1.807, 2.05) is 0 Å². The molecule has 0 fully saturated rings. The molecule has 0 bridgehead atoms. The average Bonchev–Trinajstić information content (AvgIpc) is 2.10. The lowest BCUT2D eigenvalue weighted by Gasteiger charge is -2.12. The van der Waals surface area contributed by atoms with Gasteiger partial charge in [-0.05, 0) is 19.9 Å². The summed E-state index contributed by atoms with van der Waals surface area (Å²) in [6.45, 7) is 2.71. The van der Waals surface area contributed by atoms with E-state index in [2.05, 4.69) is 4.74 Å². The highest BCUT2D eigenvalue weighted by Crippen LogP contribution is 2.32. The Morgan fingerprint density at radius 3 is 2.25 bits per heavy atom. The van der Waals surface area contributed by atoms with Crippen LogP contribution in [0, 0.1) is 24.0 Å². The Labute approximate surface area is 88.8 Å². The minimum Gasteiger partial charge on any atom is -0.405 e. The number of halogens is 3. The zero-order valence-electron chi connectivity index (χ0n) is 8.46. The fourth-order valence-corrected chi connectivity index (χ4v) is 1.21. The molecule has 1 rings (SSSR count). The van der Waals surface area contributed by atoms with Crippen LogP contribution in [0.5, 0.6) is 5.75 Å². The first-order valence-electron chi connectivity index (χ1n) is 4.22. The Morgan fingerprint density at radius 2 is 1.81 bits per heavy atom. The molecule has 1 aromatic carbocycles. The van der Waals surface area contributed by atoms with Gasteiger partial charge in [0.15, 0.2) is 0 Å². The number of rotatable bonds is 2. The zero-order chi connectivity index (χ0) is 12.5. The number of nitro groups is 1. The smallest absolute Gasteiger partial charge is 0.405 e. The predicted octanol–water partition coefficient (Wildman–Crippen LogP) is 3.11. The van der Waals surface area contributed by atoms with Gasteiger partial charge in [0.2, 0.25) is 0 Å². The standard InChI is InChI=1S/C9H8F3NO3/c1-5-6(2)8(16-9(10,11)12)4-3-7(5)13(14)15/h3-4H,1-2H3. The Bertz CT molecular complexity index is 429. The molecule has 88 valence electrons. The van der Waals surface area contributed by atoms with Crippen molar-refractivity contribution in [1.82, 2.24) is 0 Å². The number of alkyl halides is 3. The van der Waals surface area contributed by atoms with Gasteiger partial charge in [0.05, 0.1) is 4.92 Å². The lowest BCUT2D eigenvalue weighted by atomic mass is 10.1. The van der Waals surface area contributed by atoms with Gasteiger partial charge in [-0.1, -0.05) is 0 Å². The second-order valence-corrected chi connectivity index (χ2v) is 3.14. The third-order valence-corrected chi connectivity index (χ3v) is 2.13. The van der Waals surface area contributed by atoms with Crippen LogP contribution in [-0.4, -0.2) is 11.3 Å². The Kier molecular flexibility index (Phi) is 3.06. The van der Waals surface area contributed by atoms with Gasteiger partial charge >= 0.3 is 6.36 Å². The van der Waals surface area contributed by atoms with Gasteiger partial charge in [-0.2, -0.15) is 0 Å². The van der Waals surface area contributed by atoms with E-state index >= 15 is 0 Å². The lowest BCUT2D eigenvalue weighted by Crippen LogP contribution is -2.18. The molecule has 0 aliphatic heterocycles. The number of nitro benzene ring substituents is 1. The van der Waals surface area contributed by atoms with Crippen molar-refractivity contribution >= 4 is 5.69 Å². The molecule has 0 aliphatic carbocycles. The summed E-state index contributed by atoms with van der Waals surface area (Å²) in [5.74, 6) is -0.421. The molecule has 16 heavy (non-hydrogen) atoms. The summed E-state index contributed by atoms with van der Waals surface area (Å²) >= 11 is 0. The minimum absolute atomic E-state index is 0.103. The van der Waals surface area contributed by atoms with E-state index in [4.69, 9.17) is 0 Å². The van der Waals surface area contributed by atoms with E-state index in [0.717, 1.165) is 12.1 Å². The maximum Gasteiger partial charge on any atom is 0.573 e. The summed E-state index contributed by atoms with van der Waals surface area (Å²) < 4.78 is 39.6. The summed E-state index contributed by atoms with van der Waals surface area (Å²) in [6.07, 6.45) is -4.80. The molecular weight excluding hydrogens is 227 g/mol. The summed E-state index contributed by atoms with van der Waals surface area (Å²) in [7, 11) is 0. The fourth-order valence-electron chi connectivity index (χ4n) is 1.21. The van der Waals surface area contributed by atoms with E-state index in [9.17, 15) is 23.3 Å². The molecule has 0 amide bonds. The van der Waals surface area contributed by atoms with Crippen LogP contribution in [0.25, 0.3) is 0 Å². The van der Waals surface area contributed by atoms with Gasteiger partial charge < -0.3 is 4.74 Å². The lowest BCUT2D eigenvalue weighted by molar-refractivity contribution is -0.385. The molecule has 1 aromatic rings. The van der Waals surface area contributed by atoms with Gasteiger partial charge in [-0.15, -0.1) is 13.2 Å². The van der Waals surface area contributed by atoms with E-state index in [-0.39, 0.29) is 16.8 Å². The van der Waals surface area contributed by atoms with E-state index in [1.54, 1.807) is 0 Å². The number of benzene rings is 1. The van der Waals surface area contributed by atoms with Crippen molar-refractivity contribution in [2.45, 2.75) is 20.2 Å².